The summed E-state index contributed by atoms with van der Waals surface area (Å²) in [4.78, 5) is 29.6. The molecule has 1 aliphatic rings. The Morgan fingerprint density at radius 1 is 1.12 bits per heavy atom. The quantitative estimate of drug-likeness (QED) is 0.854. The Morgan fingerprint density at radius 3 is 2.44 bits per heavy atom. The molecule has 5 nitrogen and oxygen atoms in total. The molecule has 126 valence electrons. The lowest BCUT2D eigenvalue weighted by molar-refractivity contribution is -0.137. The van der Waals surface area contributed by atoms with Crippen LogP contribution >= 0.6 is 0 Å². The predicted octanol–water partition coefficient (Wildman–Crippen LogP) is 3.10. The molecule has 25 heavy (non-hydrogen) atoms. The first-order chi connectivity index (χ1) is 12.0. The second kappa shape index (κ2) is 7.13. The average Bonchev–Trinajstić information content (AvgIpc) is 2.90. The van der Waals surface area contributed by atoms with Crippen molar-refractivity contribution in [1.82, 2.24) is 4.90 Å². The van der Waals surface area contributed by atoms with Crippen molar-refractivity contribution in [2.24, 2.45) is 4.99 Å². The van der Waals surface area contributed by atoms with E-state index in [9.17, 15) is 9.59 Å². The van der Waals surface area contributed by atoms with Gasteiger partial charge in [-0.1, -0.05) is 60.2 Å². The molecule has 5 heteroatoms. The standard InChI is InChI=1S/C20H18N2O3/c1-14-7-9-16(10-8-14)19-21-17(13-15-5-3-2-4-6-15)20(25)22(19)12-11-18(23)24/h2-10,13H,11-12H2,1H3,(H,23,24). The van der Waals surface area contributed by atoms with E-state index < -0.39 is 5.97 Å². The van der Waals surface area contributed by atoms with Gasteiger partial charge in [-0.25, -0.2) is 4.99 Å². The number of nitrogens with zero attached hydrogens (tertiary/aromatic N) is 2. The lowest BCUT2D eigenvalue weighted by Gasteiger charge is -2.17. The van der Waals surface area contributed by atoms with E-state index in [1.54, 1.807) is 6.08 Å². The Balaban J connectivity index is 1.98. The summed E-state index contributed by atoms with van der Waals surface area (Å²) >= 11 is 0. The first-order valence-corrected chi connectivity index (χ1v) is 8.01. The van der Waals surface area contributed by atoms with Gasteiger partial charge in [0.1, 0.15) is 11.5 Å². The van der Waals surface area contributed by atoms with Crippen LogP contribution in [-0.2, 0) is 9.59 Å². The number of benzene rings is 2. The number of amidine groups is 1. The van der Waals surface area contributed by atoms with Gasteiger partial charge in [-0.05, 0) is 18.6 Å². The molecule has 0 spiro atoms. The number of aliphatic carboxylic acids is 1. The molecule has 0 saturated carbocycles. The predicted molar refractivity (Wildman–Crippen MR) is 96.1 cm³/mol. The SMILES string of the molecule is Cc1ccc(C2=NC(=Cc3ccccc3)C(=O)N2CCC(=O)O)cc1. The van der Waals surface area contributed by atoms with Gasteiger partial charge in [0.2, 0.25) is 0 Å². The number of carboxylic acid groups (broad SMARTS) is 1. The molecule has 1 aliphatic heterocycles. The van der Waals surface area contributed by atoms with Gasteiger partial charge >= 0.3 is 5.97 Å². The van der Waals surface area contributed by atoms with Crippen LogP contribution in [0.1, 0.15) is 23.1 Å². The topological polar surface area (TPSA) is 70.0 Å². The Hall–Kier alpha value is -3.21. The van der Waals surface area contributed by atoms with E-state index in [1.165, 1.54) is 4.90 Å². The number of hydrogen-bond acceptors (Lipinski definition) is 3. The summed E-state index contributed by atoms with van der Waals surface area (Å²) < 4.78 is 0. The summed E-state index contributed by atoms with van der Waals surface area (Å²) in [5, 5.41) is 8.96. The highest BCUT2D eigenvalue weighted by molar-refractivity contribution is 6.19. The largest absolute Gasteiger partial charge is 0.481 e. The van der Waals surface area contributed by atoms with E-state index in [2.05, 4.69) is 4.99 Å². The van der Waals surface area contributed by atoms with Crippen LogP contribution in [0, 0.1) is 6.92 Å². The number of aliphatic imine (C=N–C) groups is 1. The van der Waals surface area contributed by atoms with E-state index in [1.807, 2.05) is 61.5 Å². The van der Waals surface area contributed by atoms with Crippen molar-refractivity contribution in [2.75, 3.05) is 6.54 Å². The molecule has 0 bridgehead atoms. The van der Waals surface area contributed by atoms with Gasteiger partial charge in [-0.3, -0.25) is 14.5 Å². The van der Waals surface area contributed by atoms with Crippen LogP contribution in [0.25, 0.3) is 6.08 Å². The number of amides is 1. The molecule has 1 heterocycles. The molecule has 0 fully saturated rings. The fraction of sp³-hybridized carbons (Fsp3) is 0.150. The lowest BCUT2D eigenvalue weighted by Crippen LogP contribution is -2.34. The summed E-state index contributed by atoms with van der Waals surface area (Å²) in [5.41, 5.74) is 3.08. The van der Waals surface area contributed by atoms with Crippen LogP contribution in [0.3, 0.4) is 0 Å². The fourth-order valence-electron chi connectivity index (χ4n) is 2.60. The molecular formula is C20H18N2O3. The van der Waals surface area contributed by atoms with Crippen molar-refractivity contribution in [3.63, 3.8) is 0 Å². The zero-order valence-corrected chi connectivity index (χ0v) is 13.8. The third-order valence-electron chi connectivity index (χ3n) is 3.91. The average molecular weight is 334 g/mol. The molecule has 2 aromatic rings. The van der Waals surface area contributed by atoms with Gasteiger partial charge in [0, 0.05) is 12.1 Å². The summed E-state index contributed by atoms with van der Waals surface area (Å²) in [6.07, 6.45) is 1.59. The van der Waals surface area contributed by atoms with E-state index in [0.29, 0.717) is 11.5 Å². The molecule has 1 N–H and O–H groups in total. The number of hydrogen-bond donors (Lipinski definition) is 1. The molecular weight excluding hydrogens is 316 g/mol. The maximum Gasteiger partial charge on any atom is 0.305 e. The van der Waals surface area contributed by atoms with E-state index in [-0.39, 0.29) is 18.9 Å². The van der Waals surface area contributed by atoms with Crippen LogP contribution in [0.15, 0.2) is 65.3 Å². The third kappa shape index (κ3) is 3.83. The smallest absolute Gasteiger partial charge is 0.305 e. The molecule has 0 saturated heterocycles. The normalized spacial score (nSPS) is 15.6. The molecule has 0 aromatic heterocycles. The minimum atomic E-state index is -0.948. The fourth-order valence-corrected chi connectivity index (χ4v) is 2.60. The first-order valence-electron chi connectivity index (χ1n) is 8.01. The Kier molecular flexibility index (Phi) is 4.75. The van der Waals surface area contributed by atoms with Gasteiger partial charge in [-0.15, -0.1) is 0 Å². The highest BCUT2D eigenvalue weighted by atomic mass is 16.4. The van der Waals surface area contributed by atoms with Gasteiger partial charge in [-0.2, -0.15) is 0 Å². The Bertz CT molecular complexity index is 852. The highest BCUT2D eigenvalue weighted by Crippen LogP contribution is 2.22. The molecule has 0 atom stereocenters. The van der Waals surface area contributed by atoms with E-state index in [4.69, 9.17) is 5.11 Å². The van der Waals surface area contributed by atoms with Crippen LogP contribution in [-0.4, -0.2) is 34.3 Å². The summed E-state index contributed by atoms with van der Waals surface area (Å²) in [7, 11) is 0. The highest BCUT2D eigenvalue weighted by Gasteiger charge is 2.31. The Morgan fingerprint density at radius 2 is 1.80 bits per heavy atom. The maximum atomic E-state index is 12.7. The molecule has 0 unspecified atom stereocenters. The first kappa shape index (κ1) is 16.6. The molecule has 0 aliphatic carbocycles. The number of aryl methyl sites for hydroxylation is 1. The van der Waals surface area contributed by atoms with Crippen molar-refractivity contribution in [3.05, 3.63) is 77.0 Å². The Labute approximate surface area is 145 Å². The summed E-state index contributed by atoms with van der Waals surface area (Å²) in [6, 6.07) is 17.1. The zero-order valence-electron chi connectivity index (χ0n) is 13.8. The lowest BCUT2D eigenvalue weighted by atomic mass is 10.1. The third-order valence-corrected chi connectivity index (χ3v) is 3.91. The monoisotopic (exact) mass is 334 g/mol. The zero-order chi connectivity index (χ0) is 17.8. The van der Waals surface area contributed by atoms with Crippen molar-refractivity contribution < 1.29 is 14.7 Å². The number of carbonyl (C=O) groups is 2. The molecule has 1 amide bonds. The minimum Gasteiger partial charge on any atom is -0.481 e. The maximum absolute atomic E-state index is 12.7. The molecule has 0 radical (unpaired) electrons. The van der Waals surface area contributed by atoms with E-state index in [0.717, 1.165) is 16.7 Å². The van der Waals surface area contributed by atoms with Crippen molar-refractivity contribution in [1.29, 1.82) is 0 Å². The van der Waals surface area contributed by atoms with Gasteiger partial charge < -0.3 is 5.11 Å². The number of carbonyl (C=O) groups excluding carboxylic acids is 1. The van der Waals surface area contributed by atoms with Crippen LogP contribution in [0.2, 0.25) is 0 Å². The minimum absolute atomic E-state index is 0.0903. The second-order valence-electron chi connectivity index (χ2n) is 5.84. The van der Waals surface area contributed by atoms with E-state index >= 15 is 0 Å². The molecule has 3 rings (SSSR count). The van der Waals surface area contributed by atoms with Crippen molar-refractivity contribution in [2.45, 2.75) is 13.3 Å². The van der Waals surface area contributed by atoms with Crippen molar-refractivity contribution >= 4 is 23.8 Å². The van der Waals surface area contributed by atoms with Crippen LogP contribution in [0.5, 0.6) is 0 Å². The van der Waals surface area contributed by atoms with Gasteiger partial charge in [0.25, 0.3) is 5.91 Å². The summed E-state index contributed by atoms with van der Waals surface area (Å²) in [5.74, 6) is -0.731. The van der Waals surface area contributed by atoms with Crippen molar-refractivity contribution in [3.8, 4) is 0 Å². The number of rotatable bonds is 5. The van der Waals surface area contributed by atoms with Gasteiger partial charge in [0.15, 0.2) is 0 Å². The summed E-state index contributed by atoms with van der Waals surface area (Å²) in [6.45, 7) is 2.07. The van der Waals surface area contributed by atoms with Crippen LogP contribution < -0.4 is 0 Å². The second-order valence-corrected chi connectivity index (χ2v) is 5.84. The molecule has 2 aromatic carbocycles. The van der Waals surface area contributed by atoms with Gasteiger partial charge in [0.05, 0.1) is 6.42 Å². The van der Waals surface area contributed by atoms with Crippen LogP contribution in [0.4, 0.5) is 0 Å². The number of carboxylic acids is 1.